The fourth-order valence-electron chi connectivity index (χ4n) is 3.43. The molecule has 1 atom stereocenters. The third-order valence-electron chi connectivity index (χ3n) is 4.86. The van der Waals surface area contributed by atoms with Crippen molar-refractivity contribution in [2.24, 2.45) is 0 Å². The van der Waals surface area contributed by atoms with Crippen molar-refractivity contribution >= 4 is 22.7 Å². The van der Waals surface area contributed by atoms with E-state index in [1.807, 2.05) is 17.6 Å². The largest absolute Gasteiger partial charge is 0.393 e. The molecule has 9 heteroatoms. The molecule has 4 rings (SSSR count). The van der Waals surface area contributed by atoms with Crippen LogP contribution < -0.4 is 11.1 Å². The number of anilines is 2. The van der Waals surface area contributed by atoms with Gasteiger partial charge >= 0.3 is 0 Å². The second kappa shape index (κ2) is 6.48. The lowest BCUT2D eigenvalue weighted by Crippen LogP contribution is -2.32. The highest BCUT2D eigenvalue weighted by molar-refractivity contribution is 5.76. The van der Waals surface area contributed by atoms with E-state index in [9.17, 15) is 14.8 Å². The molecule has 3 aromatic rings. The number of halogens is 1. The van der Waals surface area contributed by atoms with Gasteiger partial charge in [0.1, 0.15) is 41.2 Å². The van der Waals surface area contributed by atoms with Crippen LogP contribution in [-0.4, -0.2) is 30.7 Å². The van der Waals surface area contributed by atoms with E-state index < -0.39 is 0 Å². The molecule has 8 nitrogen and oxygen atoms in total. The van der Waals surface area contributed by atoms with Crippen LogP contribution >= 0.6 is 0 Å². The molecule has 0 aliphatic heterocycles. The van der Waals surface area contributed by atoms with Gasteiger partial charge in [-0.3, -0.25) is 0 Å². The standard InChI is InChI=1S/C18H18FN7O/c1-9(24-17-13(7-20)16(21)22-8-23-17)18-25-14-3-2-10(19)4-15(14)26(18)11-5-12(27)6-11/h2-4,8-9,11-12,27H,5-6H2,1H3,(H3,21,22,23,24)/t9-,11-,12-/m0/s1. The van der Waals surface area contributed by atoms with Crippen molar-refractivity contribution in [2.45, 2.75) is 38.0 Å². The summed E-state index contributed by atoms with van der Waals surface area (Å²) in [7, 11) is 0. The van der Waals surface area contributed by atoms with Gasteiger partial charge in [0.25, 0.3) is 0 Å². The Kier molecular flexibility index (Phi) is 4.12. The number of hydrogen-bond acceptors (Lipinski definition) is 7. The van der Waals surface area contributed by atoms with Crippen molar-refractivity contribution in [1.82, 2.24) is 19.5 Å². The SMILES string of the molecule is C[C@H](Nc1ncnc(N)c1C#N)c1nc2ccc(F)cc2n1[C@H]1C[C@H](O)C1. The molecule has 0 radical (unpaired) electrons. The third kappa shape index (κ3) is 2.94. The summed E-state index contributed by atoms with van der Waals surface area (Å²) in [6.45, 7) is 1.88. The molecule has 0 spiro atoms. The average molecular weight is 367 g/mol. The number of hydrogen-bond donors (Lipinski definition) is 3. The van der Waals surface area contributed by atoms with Crippen LogP contribution in [0.5, 0.6) is 0 Å². The van der Waals surface area contributed by atoms with E-state index in [2.05, 4.69) is 20.3 Å². The summed E-state index contributed by atoms with van der Waals surface area (Å²) in [5, 5.41) is 22.2. The number of nitrogens with zero attached hydrogens (tertiary/aromatic N) is 5. The van der Waals surface area contributed by atoms with E-state index in [0.717, 1.165) is 0 Å². The Bertz CT molecular complexity index is 1050. The summed E-state index contributed by atoms with van der Waals surface area (Å²) in [4.78, 5) is 12.6. The first-order valence-corrected chi connectivity index (χ1v) is 8.60. The smallest absolute Gasteiger partial charge is 0.150 e. The molecule has 0 bridgehead atoms. The number of nitriles is 1. The number of benzene rings is 1. The van der Waals surface area contributed by atoms with E-state index in [-0.39, 0.29) is 35.4 Å². The average Bonchev–Trinajstić information content (AvgIpc) is 2.97. The minimum absolute atomic E-state index is 0.0388. The predicted octanol–water partition coefficient (Wildman–Crippen LogP) is 2.29. The number of aliphatic hydroxyl groups is 1. The first kappa shape index (κ1) is 17.2. The highest BCUT2D eigenvalue weighted by Gasteiger charge is 2.33. The molecule has 1 aliphatic carbocycles. The fraction of sp³-hybridized carbons (Fsp3) is 0.333. The third-order valence-corrected chi connectivity index (χ3v) is 4.86. The van der Waals surface area contributed by atoms with Crippen molar-refractivity contribution in [1.29, 1.82) is 5.26 Å². The van der Waals surface area contributed by atoms with Gasteiger partial charge in [0.05, 0.1) is 23.2 Å². The number of nitrogen functional groups attached to an aromatic ring is 1. The Balaban J connectivity index is 1.76. The summed E-state index contributed by atoms with van der Waals surface area (Å²) in [6.07, 6.45) is 2.10. The topological polar surface area (TPSA) is 126 Å². The van der Waals surface area contributed by atoms with Crippen molar-refractivity contribution in [2.75, 3.05) is 11.1 Å². The number of nitrogens with two attached hydrogens (primary N) is 1. The number of imidazole rings is 1. The van der Waals surface area contributed by atoms with Gasteiger partial charge < -0.3 is 20.7 Å². The molecule has 1 saturated carbocycles. The lowest BCUT2D eigenvalue weighted by molar-refractivity contribution is 0.0488. The fourth-order valence-corrected chi connectivity index (χ4v) is 3.43. The van der Waals surface area contributed by atoms with Crippen LogP contribution in [0.15, 0.2) is 24.5 Å². The molecule has 0 saturated heterocycles. The van der Waals surface area contributed by atoms with E-state index in [1.54, 1.807) is 6.07 Å². The van der Waals surface area contributed by atoms with E-state index in [0.29, 0.717) is 35.5 Å². The lowest BCUT2D eigenvalue weighted by Gasteiger charge is -2.35. The van der Waals surface area contributed by atoms with Gasteiger partial charge in [-0.1, -0.05) is 0 Å². The minimum Gasteiger partial charge on any atom is -0.393 e. The summed E-state index contributed by atoms with van der Waals surface area (Å²) in [6, 6.07) is 6.16. The Hall–Kier alpha value is -3.25. The summed E-state index contributed by atoms with van der Waals surface area (Å²) < 4.78 is 15.8. The van der Waals surface area contributed by atoms with Gasteiger partial charge in [0, 0.05) is 6.04 Å². The number of aliphatic hydroxyl groups excluding tert-OH is 1. The monoisotopic (exact) mass is 367 g/mol. The summed E-state index contributed by atoms with van der Waals surface area (Å²) in [5.41, 5.74) is 7.26. The van der Waals surface area contributed by atoms with Crippen molar-refractivity contribution in [3.05, 3.63) is 41.7 Å². The summed E-state index contributed by atoms with van der Waals surface area (Å²) >= 11 is 0. The maximum atomic E-state index is 13.8. The molecule has 0 amide bonds. The van der Waals surface area contributed by atoms with Crippen LogP contribution in [0.2, 0.25) is 0 Å². The number of aromatic nitrogens is 4. The van der Waals surface area contributed by atoms with Gasteiger partial charge in [-0.2, -0.15) is 5.26 Å². The molecular weight excluding hydrogens is 349 g/mol. The molecule has 27 heavy (non-hydrogen) atoms. The van der Waals surface area contributed by atoms with Crippen LogP contribution in [0.25, 0.3) is 11.0 Å². The zero-order valence-corrected chi connectivity index (χ0v) is 14.6. The molecule has 1 aromatic carbocycles. The van der Waals surface area contributed by atoms with E-state index >= 15 is 0 Å². The van der Waals surface area contributed by atoms with Crippen molar-refractivity contribution in [3.8, 4) is 6.07 Å². The normalized spacial score (nSPS) is 20.1. The molecule has 2 heterocycles. The molecule has 1 aliphatic rings. The Morgan fingerprint density at radius 1 is 1.41 bits per heavy atom. The first-order valence-electron chi connectivity index (χ1n) is 8.60. The Morgan fingerprint density at radius 3 is 2.89 bits per heavy atom. The Morgan fingerprint density at radius 2 is 2.19 bits per heavy atom. The zero-order valence-electron chi connectivity index (χ0n) is 14.6. The second-order valence-corrected chi connectivity index (χ2v) is 6.71. The highest BCUT2D eigenvalue weighted by atomic mass is 19.1. The molecular formula is C18H18FN7O. The van der Waals surface area contributed by atoms with Crippen molar-refractivity contribution in [3.63, 3.8) is 0 Å². The van der Waals surface area contributed by atoms with Crippen LogP contribution in [-0.2, 0) is 0 Å². The number of nitrogens with one attached hydrogen (secondary N) is 1. The summed E-state index contributed by atoms with van der Waals surface area (Å²) in [5.74, 6) is 0.746. The van der Waals surface area contributed by atoms with Gasteiger partial charge in [0.2, 0.25) is 0 Å². The molecule has 1 fully saturated rings. The van der Waals surface area contributed by atoms with Gasteiger partial charge in [0.15, 0.2) is 0 Å². The Labute approximate surface area is 154 Å². The van der Waals surface area contributed by atoms with Gasteiger partial charge in [-0.05, 0) is 38.0 Å². The second-order valence-electron chi connectivity index (χ2n) is 6.71. The highest BCUT2D eigenvalue weighted by Crippen LogP contribution is 2.38. The molecule has 0 unspecified atom stereocenters. The predicted molar refractivity (Wildman–Crippen MR) is 97.2 cm³/mol. The molecule has 4 N–H and O–H groups in total. The van der Waals surface area contributed by atoms with Crippen LogP contribution in [0, 0.1) is 17.1 Å². The number of rotatable bonds is 4. The van der Waals surface area contributed by atoms with Crippen molar-refractivity contribution < 1.29 is 9.50 Å². The van der Waals surface area contributed by atoms with E-state index in [1.165, 1.54) is 18.5 Å². The number of fused-ring (bicyclic) bond motifs is 1. The van der Waals surface area contributed by atoms with Gasteiger partial charge in [-0.25, -0.2) is 19.3 Å². The van der Waals surface area contributed by atoms with Crippen LogP contribution in [0.3, 0.4) is 0 Å². The maximum Gasteiger partial charge on any atom is 0.150 e. The quantitative estimate of drug-likeness (QED) is 0.646. The van der Waals surface area contributed by atoms with Crippen LogP contribution in [0.1, 0.15) is 43.2 Å². The van der Waals surface area contributed by atoms with Gasteiger partial charge in [-0.15, -0.1) is 0 Å². The minimum atomic E-state index is -0.357. The maximum absolute atomic E-state index is 13.8. The lowest BCUT2D eigenvalue weighted by atomic mass is 9.89. The van der Waals surface area contributed by atoms with Crippen LogP contribution in [0.4, 0.5) is 16.0 Å². The van der Waals surface area contributed by atoms with E-state index in [4.69, 9.17) is 5.73 Å². The zero-order chi connectivity index (χ0) is 19.1. The first-order chi connectivity index (χ1) is 13.0. The molecule has 138 valence electrons. The molecule has 2 aromatic heterocycles.